The van der Waals surface area contributed by atoms with Gasteiger partial charge in [-0.05, 0) is 56.7 Å². The van der Waals surface area contributed by atoms with E-state index in [-0.39, 0.29) is 0 Å². The Morgan fingerprint density at radius 2 is 1.83 bits per heavy atom. The number of likely N-dealkylation sites (tertiary alicyclic amines) is 2. The number of benzene rings is 1. The molecule has 2 nitrogen and oxygen atoms in total. The van der Waals surface area contributed by atoms with E-state index >= 15 is 0 Å². The molecule has 2 heterocycles. The summed E-state index contributed by atoms with van der Waals surface area (Å²) >= 11 is 0. The normalized spacial score (nSPS) is 29.8. The van der Waals surface area contributed by atoms with Crippen molar-refractivity contribution in [1.82, 2.24) is 9.80 Å². The maximum absolute atomic E-state index is 14.0. The van der Waals surface area contributed by atoms with Crippen LogP contribution >= 0.6 is 0 Å². The minimum absolute atomic E-state index is 0.380. The largest absolute Gasteiger partial charge is 0.300 e. The minimum atomic E-state index is -0.729. The van der Waals surface area contributed by atoms with Crippen molar-refractivity contribution in [3.05, 3.63) is 35.4 Å². The molecular formula is C20H28F2N2. The summed E-state index contributed by atoms with van der Waals surface area (Å²) in [6.07, 6.45) is 9.25. The Hall–Kier alpha value is -1.00. The Kier molecular flexibility index (Phi) is 4.61. The molecule has 1 spiro atoms. The van der Waals surface area contributed by atoms with Gasteiger partial charge >= 0.3 is 0 Å². The van der Waals surface area contributed by atoms with Gasteiger partial charge in [0.25, 0.3) is 0 Å². The van der Waals surface area contributed by atoms with Crippen molar-refractivity contribution in [2.24, 2.45) is 5.41 Å². The second kappa shape index (κ2) is 6.72. The molecule has 1 unspecified atom stereocenters. The van der Waals surface area contributed by atoms with Crippen molar-refractivity contribution in [3.63, 3.8) is 0 Å². The first-order chi connectivity index (χ1) is 11.7. The van der Waals surface area contributed by atoms with Crippen molar-refractivity contribution in [2.45, 2.75) is 57.5 Å². The molecule has 0 aromatic heterocycles. The Balaban J connectivity index is 1.41. The summed E-state index contributed by atoms with van der Waals surface area (Å²) in [6, 6.07) is 5.34. The standard InChI is InChI=1S/C20H28F2N2/c21-18-8-3-5-16(19(18)22)13-23-11-4-9-20(14-23)10-12-24(15-20)17-6-1-2-7-17/h3,5,8,17H,1-2,4,6-7,9-15H2. The third kappa shape index (κ3) is 3.23. The molecule has 1 aliphatic carbocycles. The van der Waals surface area contributed by atoms with Crippen LogP contribution in [0, 0.1) is 17.0 Å². The molecule has 0 radical (unpaired) electrons. The van der Waals surface area contributed by atoms with Crippen molar-refractivity contribution >= 4 is 0 Å². The lowest BCUT2D eigenvalue weighted by Gasteiger charge is -2.41. The zero-order chi connectivity index (χ0) is 16.6. The molecule has 3 aliphatic rings. The maximum atomic E-state index is 14.0. The molecule has 24 heavy (non-hydrogen) atoms. The van der Waals surface area contributed by atoms with Gasteiger partial charge in [0.1, 0.15) is 0 Å². The highest BCUT2D eigenvalue weighted by Crippen LogP contribution is 2.41. The molecule has 0 amide bonds. The van der Waals surface area contributed by atoms with Crippen molar-refractivity contribution in [2.75, 3.05) is 26.2 Å². The van der Waals surface area contributed by atoms with Gasteiger partial charge in [0, 0.05) is 31.2 Å². The van der Waals surface area contributed by atoms with Crippen molar-refractivity contribution in [1.29, 1.82) is 0 Å². The molecule has 0 bridgehead atoms. The van der Waals surface area contributed by atoms with E-state index in [1.165, 1.54) is 64.1 Å². The van der Waals surface area contributed by atoms with E-state index in [1.54, 1.807) is 12.1 Å². The first-order valence-electron chi connectivity index (χ1n) is 9.55. The van der Waals surface area contributed by atoms with Crippen molar-refractivity contribution < 1.29 is 8.78 Å². The quantitative estimate of drug-likeness (QED) is 0.817. The monoisotopic (exact) mass is 334 g/mol. The van der Waals surface area contributed by atoms with Gasteiger partial charge in [0.15, 0.2) is 11.6 Å². The summed E-state index contributed by atoms with van der Waals surface area (Å²) in [5.41, 5.74) is 0.877. The van der Waals surface area contributed by atoms with Gasteiger partial charge in [-0.1, -0.05) is 25.0 Å². The van der Waals surface area contributed by atoms with Gasteiger partial charge in [0.2, 0.25) is 0 Å². The zero-order valence-electron chi connectivity index (χ0n) is 14.4. The highest BCUT2D eigenvalue weighted by Gasteiger charge is 2.43. The van der Waals surface area contributed by atoms with E-state index < -0.39 is 11.6 Å². The molecule has 4 heteroatoms. The lowest BCUT2D eigenvalue weighted by atomic mass is 9.79. The molecule has 132 valence electrons. The predicted octanol–water partition coefficient (Wildman–Crippen LogP) is 4.20. The van der Waals surface area contributed by atoms with E-state index in [0.29, 0.717) is 17.5 Å². The number of rotatable bonds is 3. The smallest absolute Gasteiger partial charge is 0.163 e. The fourth-order valence-corrected chi connectivity index (χ4v) is 5.24. The van der Waals surface area contributed by atoms with Crippen LogP contribution in [0.3, 0.4) is 0 Å². The summed E-state index contributed by atoms with van der Waals surface area (Å²) in [4.78, 5) is 5.07. The van der Waals surface area contributed by atoms with Crippen LogP contribution in [-0.4, -0.2) is 42.0 Å². The maximum Gasteiger partial charge on any atom is 0.163 e. The third-order valence-electron chi connectivity index (χ3n) is 6.47. The van der Waals surface area contributed by atoms with Gasteiger partial charge < -0.3 is 0 Å². The molecule has 3 fully saturated rings. The number of nitrogens with zero attached hydrogens (tertiary/aromatic N) is 2. The van der Waals surface area contributed by atoms with Crippen LogP contribution in [0.5, 0.6) is 0 Å². The van der Waals surface area contributed by atoms with Crippen LogP contribution in [0.15, 0.2) is 18.2 Å². The molecule has 2 saturated heterocycles. The molecule has 1 atom stereocenters. The summed E-state index contributed by atoms with van der Waals surface area (Å²) in [5.74, 6) is -1.40. The molecule has 2 aliphatic heterocycles. The number of halogens is 2. The van der Waals surface area contributed by atoms with Crippen molar-refractivity contribution in [3.8, 4) is 0 Å². The van der Waals surface area contributed by atoms with Crippen LogP contribution in [0.1, 0.15) is 50.5 Å². The lowest BCUT2D eigenvalue weighted by molar-refractivity contribution is 0.0809. The van der Waals surface area contributed by atoms with Gasteiger partial charge in [-0.2, -0.15) is 0 Å². The van der Waals surface area contributed by atoms with E-state index in [4.69, 9.17) is 0 Å². The van der Waals surface area contributed by atoms with E-state index in [0.717, 1.165) is 19.1 Å². The first kappa shape index (κ1) is 16.5. The Bertz CT molecular complexity index is 585. The van der Waals surface area contributed by atoms with Gasteiger partial charge in [-0.3, -0.25) is 9.80 Å². The van der Waals surface area contributed by atoms with Gasteiger partial charge in [-0.25, -0.2) is 8.78 Å². The number of hydrogen-bond acceptors (Lipinski definition) is 2. The van der Waals surface area contributed by atoms with E-state index in [2.05, 4.69) is 9.80 Å². The predicted molar refractivity (Wildman–Crippen MR) is 91.7 cm³/mol. The number of piperidine rings is 1. The van der Waals surface area contributed by atoms with Crippen LogP contribution in [-0.2, 0) is 6.54 Å². The van der Waals surface area contributed by atoms with Crippen LogP contribution in [0.4, 0.5) is 8.78 Å². The third-order valence-corrected chi connectivity index (χ3v) is 6.47. The Morgan fingerprint density at radius 1 is 1.00 bits per heavy atom. The molecule has 4 rings (SSSR count). The summed E-state index contributed by atoms with van der Waals surface area (Å²) < 4.78 is 27.4. The highest BCUT2D eigenvalue weighted by atomic mass is 19.2. The van der Waals surface area contributed by atoms with Gasteiger partial charge in [-0.15, -0.1) is 0 Å². The van der Waals surface area contributed by atoms with E-state index in [1.807, 2.05) is 0 Å². The average Bonchev–Trinajstić information content (AvgIpc) is 3.22. The zero-order valence-corrected chi connectivity index (χ0v) is 14.4. The first-order valence-corrected chi connectivity index (χ1v) is 9.55. The average molecular weight is 334 g/mol. The van der Waals surface area contributed by atoms with Crippen LogP contribution in [0.25, 0.3) is 0 Å². The van der Waals surface area contributed by atoms with E-state index in [9.17, 15) is 8.78 Å². The number of hydrogen-bond donors (Lipinski definition) is 0. The lowest BCUT2D eigenvalue weighted by Crippen LogP contribution is -2.45. The van der Waals surface area contributed by atoms with Gasteiger partial charge in [0.05, 0.1) is 0 Å². The second-order valence-electron chi connectivity index (χ2n) is 8.19. The molecule has 1 saturated carbocycles. The Morgan fingerprint density at radius 3 is 2.67 bits per heavy atom. The summed E-state index contributed by atoms with van der Waals surface area (Å²) in [6.45, 7) is 5.01. The SMILES string of the molecule is Fc1cccc(CN2CCCC3(CCN(C4CCCC4)C3)C2)c1F. The van der Waals surface area contributed by atoms with Crippen LogP contribution < -0.4 is 0 Å². The topological polar surface area (TPSA) is 6.48 Å². The van der Waals surface area contributed by atoms with Crippen LogP contribution in [0.2, 0.25) is 0 Å². The molecule has 0 N–H and O–H groups in total. The fourth-order valence-electron chi connectivity index (χ4n) is 5.24. The fraction of sp³-hybridized carbons (Fsp3) is 0.700. The minimum Gasteiger partial charge on any atom is -0.300 e. The Labute approximate surface area is 143 Å². The summed E-state index contributed by atoms with van der Waals surface area (Å²) in [5, 5.41) is 0. The second-order valence-corrected chi connectivity index (χ2v) is 8.19. The summed E-state index contributed by atoms with van der Waals surface area (Å²) in [7, 11) is 0. The highest BCUT2D eigenvalue weighted by molar-refractivity contribution is 5.19. The molecule has 1 aromatic rings. The molecule has 1 aromatic carbocycles. The molecular weight excluding hydrogens is 306 g/mol.